The van der Waals surface area contributed by atoms with Crippen LogP contribution in [-0.2, 0) is 4.79 Å². The zero-order valence-electron chi connectivity index (χ0n) is 12.6. The Hall–Kier alpha value is -0.650. The van der Waals surface area contributed by atoms with Gasteiger partial charge < -0.3 is 15.5 Å². The van der Waals surface area contributed by atoms with E-state index >= 15 is 0 Å². The quantitative estimate of drug-likeness (QED) is 0.652. The predicted molar refractivity (Wildman–Crippen MR) is 77.7 cm³/mol. The van der Waals surface area contributed by atoms with E-state index in [1.807, 2.05) is 0 Å². The van der Waals surface area contributed by atoms with Crippen molar-refractivity contribution in [2.24, 2.45) is 5.92 Å². The molecule has 0 aromatic rings. The summed E-state index contributed by atoms with van der Waals surface area (Å²) in [7, 11) is 2.16. The minimum atomic E-state index is -0.723. The minimum absolute atomic E-state index is 0.268. The van der Waals surface area contributed by atoms with Crippen LogP contribution in [0.3, 0.4) is 0 Å². The van der Waals surface area contributed by atoms with E-state index in [2.05, 4.69) is 24.2 Å². The van der Waals surface area contributed by atoms with Crippen LogP contribution in [0.1, 0.15) is 45.4 Å². The first-order valence-electron chi connectivity index (χ1n) is 7.79. The maximum atomic E-state index is 10.9. The van der Waals surface area contributed by atoms with Gasteiger partial charge in [-0.1, -0.05) is 0 Å². The highest BCUT2D eigenvalue weighted by atomic mass is 16.4. The fraction of sp³-hybridized carbons (Fsp3) is 0.933. The molecular weight excluding hydrogens is 256 g/mol. The summed E-state index contributed by atoms with van der Waals surface area (Å²) in [5, 5.41) is 22.8. The van der Waals surface area contributed by atoms with Gasteiger partial charge in [-0.05, 0) is 52.5 Å². The van der Waals surface area contributed by atoms with Crippen LogP contribution >= 0.6 is 0 Å². The number of rotatable bonds is 7. The number of aliphatic hydroxyl groups is 1. The van der Waals surface area contributed by atoms with Gasteiger partial charge in [0.1, 0.15) is 0 Å². The molecule has 1 unspecified atom stereocenters. The number of hydrogen-bond acceptors (Lipinski definition) is 4. The van der Waals surface area contributed by atoms with Crippen molar-refractivity contribution in [2.45, 2.75) is 63.1 Å². The van der Waals surface area contributed by atoms with Crippen molar-refractivity contribution in [1.82, 2.24) is 10.2 Å². The number of carboxylic acid groups (broad SMARTS) is 1. The molecule has 0 spiro atoms. The summed E-state index contributed by atoms with van der Waals surface area (Å²) < 4.78 is 0. The molecule has 0 aliphatic heterocycles. The molecule has 5 nitrogen and oxygen atoms in total. The Labute approximate surface area is 121 Å². The molecule has 0 aromatic carbocycles. The Morgan fingerprint density at radius 2 is 1.95 bits per heavy atom. The molecule has 0 saturated heterocycles. The van der Waals surface area contributed by atoms with Gasteiger partial charge in [-0.2, -0.15) is 0 Å². The van der Waals surface area contributed by atoms with Crippen molar-refractivity contribution in [3.8, 4) is 0 Å². The molecule has 0 amide bonds. The molecule has 2 fully saturated rings. The van der Waals surface area contributed by atoms with E-state index in [4.69, 9.17) is 5.11 Å². The van der Waals surface area contributed by atoms with Crippen LogP contribution in [-0.4, -0.2) is 58.9 Å². The largest absolute Gasteiger partial charge is 0.481 e. The molecule has 0 bridgehead atoms. The van der Waals surface area contributed by atoms with Gasteiger partial charge in [0.2, 0.25) is 0 Å². The Balaban J connectivity index is 1.67. The van der Waals surface area contributed by atoms with Gasteiger partial charge in [0.05, 0.1) is 11.5 Å². The Bertz CT molecular complexity index is 336. The zero-order chi connectivity index (χ0) is 14.8. The molecule has 2 aliphatic rings. The molecule has 0 aromatic heterocycles. The second kappa shape index (κ2) is 6.41. The lowest BCUT2D eigenvalue weighted by molar-refractivity contribution is -0.144. The van der Waals surface area contributed by atoms with E-state index in [1.54, 1.807) is 0 Å². The summed E-state index contributed by atoms with van der Waals surface area (Å²) >= 11 is 0. The zero-order valence-corrected chi connectivity index (χ0v) is 12.6. The lowest BCUT2D eigenvalue weighted by atomic mass is 9.79. The van der Waals surface area contributed by atoms with Crippen LogP contribution in [0, 0.1) is 5.92 Å². The van der Waals surface area contributed by atoms with Crippen molar-refractivity contribution in [3.63, 3.8) is 0 Å². The topological polar surface area (TPSA) is 72.8 Å². The predicted octanol–water partition coefficient (Wildman–Crippen LogP) is 1.06. The van der Waals surface area contributed by atoms with E-state index in [0.29, 0.717) is 38.3 Å². The van der Waals surface area contributed by atoms with Gasteiger partial charge in [0.15, 0.2) is 0 Å². The minimum Gasteiger partial charge on any atom is -0.481 e. The fourth-order valence-corrected chi connectivity index (χ4v) is 3.08. The molecule has 0 radical (unpaired) electrons. The van der Waals surface area contributed by atoms with Gasteiger partial charge in [-0.25, -0.2) is 0 Å². The van der Waals surface area contributed by atoms with Crippen LogP contribution in [0.2, 0.25) is 0 Å². The molecule has 2 aliphatic carbocycles. The number of nitrogens with zero attached hydrogens (tertiary/aromatic N) is 1. The molecule has 1 atom stereocenters. The average molecular weight is 284 g/mol. The number of carbonyl (C=O) groups is 1. The van der Waals surface area contributed by atoms with Gasteiger partial charge in [0, 0.05) is 25.2 Å². The monoisotopic (exact) mass is 284 g/mol. The van der Waals surface area contributed by atoms with Crippen molar-refractivity contribution >= 4 is 5.97 Å². The maximum Gasteiger partial charge on any atom is 0.306 e. The van der Waals surface area contributed by atoms with Crippen LogP contribution < -0.4 is 5.32 Å². The average Bonchev–Trinajstić information content (AvgIpc) is 3.22. The van der Waals surface area contributed by atoms with E-state index in [1.165, 1.54) is 12.8 Å². The van der Waals surface area contributed by atoms with Crippen molar-refractivity contribution in [1.29, 1.82) is 0 Å². The van der Waals surface area contributed by atoms with Crippen molar-refractivity contribution in [2.75, 3.05) is 20.1 Å². The van der Waals surface area contributed by atoms with Crippen LogP contribution in [0.15, 0.2) is 0 Å². The highest BCUT2D eigenvalue weighted by Gasteiger charge is 2.35. The van der Waals surface area contributed by atoms with Gasteiger partial charge >= 0.3 is 5.97 Å². The molecule has 2 saturated carbocycles. The second-order valence-corrected chi connectivity index (χ2v) is 6.71. The summed E-state index contributed by atoms with van der Waals surface area (Å²) in [5.74, 6) is -0.991. The fourth-order valence-electron chi connectivity index (χ4n) is 3.08. The standard InChI is InChI=1S/C15H28N2O3/c1-11(17(2)13-3-4-13)9-16-10-15(20)7-5-12(6-8-15)14(18)19/h11-13,16,20H,3-10H2,1-2H3,(H,18,19). The first-order valence-corrected chi connectivity index (χ1v) is 7.79. The number of carboxylic acids is 1. The number of aliphatic carboxylic acids is 1. The third kappa shape index (κ3) is 4.17. The Kier molecular flexibility index (Phi) is 5.04. The molecule has 3 N–H and O–H groups in total. The van der Waals surface area contributed by atoms with E-state index < -0.39 is 11.6 Å². The highest BCUT2D eigenvalue weighted by Crippen LogP contribution is 2.32. The second-order valence-electron chi connectivity index (χ2n) is 6.71. The Morgan fingerprint density at radius 3 is 2.45 bits per heavy atom. The number of nitrogens with one attached hydrogen (secondary N) is 1. The van der Waals surface area contributed by atoms with E-state index in [-0.39, 0.29) is 5.92 Å². The SMILES string of the molecule is CC(CNCC1(O)CCC(C(=O)O)CC1)N(C)C1CC1. The van der Waals surface area contributed by atoms with Gasteiger partial charge in [-0.15, -0.1) is 0 Å². The third-order valence-corrected chi connectivity index (χ3v) is 4.98. The first kappa shape index (κ1) is 15.7. The van der Waals surface area contributed by atoms with Crippen molar-refractivity contribution in [3.05, 3.63) is 0 Å². The van der Waals surface area contributed by atoms with E-state index in [0.717, 1.165) is 12.6 Å². The molecule has 5 heteroatoms. The summed E-state index contributed by atoms with van der Waals surface area (Å²) in [4.78, 5) is 13.3. The normalized spacial score (nSPS) is 32.3. The number of hydrogen-bond donors (Lipinski definition) is 3. The van der Waals surface area contributed by atoms with E-state index in [9.17, 15) is 9.90 Å². The lowest BCUT2D eigenvalue weighted by Gasteiger charge is -2.35. The lowest BCUT2D eigenvalue weighted by Crippen LogP contribution is -2.47. The van der Waals surface area contributed by atoms with Crippen LogP contribution in [0.4, 0.5) is 0 Å². The van der Waals surface area contributed by atoms with Crippen LogP contribution in [0.5, 0.6) is 0 Å². The Morgan fingerprint density at radius 1 is 1.35 bits per heavy atom. The summed E-state index contributed by atoms with van der Waals surface area (Å²) in [6, 6.07) is 1.22. The first-order chi connectivity index (χ1) is 9.41. The maximum absolute atomic E-state index is 10.9. The third-order valence-electron chi connectivity index (χ3n) is 4.98. The summed E-state index contributed by atoms with van der Waals surface area (Å²) in [6.45, 7) is 3.65. The smallest absolute Gasteiger partial charge is 0.306 e. The van der Waals surface area contributed by atoms with Gasteiger partial charge in [0.25, 0.3) is 0 Å². The molecular formula is C15H28N2O3. The molecule has 20 heavy (non-hydrogen) atoms. The summed E-state index contributed by atoms with van der Waals surface area (Å²) in [5.41, 5.74) is -0.718. The van der Waals surface area contributed by atoms with Gasteiger partial charge in [-0.3, -0.25) is 9.69 Å². The summed E-state index contributed by atoms with van der Waals surface area (Å²) in [6.07, 6.45) is 4.96. The highest BCUT2D eigenvalue weighted by molar-refractivity contribution is 5.70. The van der Waals surface area contributed by atoms with Crippen LogP contribution in [0.25, 0.3) is 0 Å². The molecule has 2 rings (SSSR count). The van der Waals surface area contributed by atoms with Crippen molar-refractivity contribution < 1.29 is 15.0 Å². The molecule has 0 heterocycles. The number of likely N-dealkylation sites (N-methyl/N-ethyl adjacent to an activating group) is 1. The molecule has 116 valence electrons.